The second-order valence-electron chi connectivity index (χ2n) is 9.52. The lowest BCUT2D eigenvalue weighted by atomic mass is 9.85. The zero-order valence-corrected chi connectivity index (χ0v) is 22.0. The normalized spacial score (nSPS) is 13.2. The van der Waals surface area contributed by atoms with E-state index in [2.05, 4.69) is 11.4 Å². The second-order valence-corrected chi connectivity index (χ2v) is 9.96. The number of benzene rings is 3. The Morgan fingerprint density at radius 2 is 1.72 bits per heavy atom. The minimum absolute atomic E-state index is 0.197. The molecule has 204 valence electrons. The highest BCUT2D eigenvalue weighted by atomic mass is 35.5. The lowest BCUT2D eigenvalue weighted by Gasteiger charge is -2.30. The van der Waals surface area contributed by atoms with Gasteiger partial charge in [-0.2, -0.15) is 18.4 Å². The predicted octanol–water partition coefficient (Wildman–Crippen LogP) is 6.84. The van der Waals surface area contributed by atoms with Gasteiger partial charge in [0, 0.05) is 17.0 Å². The van der Waals surface area contributed by atoms with Crippen molar-refractivity contribution in [1.29, 1.82) is 5.26 Å². The van der Waals surface area contributed by atoms with Crippen molar-refractivity contribution in [1.82, 2.24) is 5.32 Å². The highest BCUT2D eigenvalue weighted by Gasteiger charge is 2.39. The van der Waals surface area contributed by atoms with Crippen LogP contribution < -0.4 is 5.32 Å². The molecule has 0 fully saturated rings. The van der Waals surface area contributed by atoms with Crippen LogP contribution in [0.15, 0.2) is 66.7 Å². The van der Waals surface area contributed by atoms with Crippen LogP contribution in [0, 0.1) is 17.1 Å². The first-order valence-electron chi connectivity index (χ1n) is 11.9. The Bertz CT molecular complexity index is 1400. The summed E-state index contributed by atoms with van der Waals surface area (Å²) in [4.78, 5) is 25.9. The molecule has 0 spiro atoms. The lowest BCUT2D eigenvalue weighted by molar-refractivity contribution is -0.140. The van der Waals surface area contributed by atoms with Gasteiger partial charge in [0.05, 0.1) is 22.8 Å². The molecule has 5 nitrogen and oxygen atoms in total. The molecule has 3 aromatic carbocycles. The van der Waals surface area contributed by atoms with Crippen LogP contribution in [0.4, 0.5) is 17.6 Å². The first kappa shape index (κ1) is 29.7. The number of hydrogen-bond acceptors (Lipinski definition) is 4. The van der Waals surface area contributed by atoms with Gasteiger partial charge in [-0.15, -0.1) is 0 Å². The molecule has 0 radical (unpaired) electrons. The summed E-state index contributed by atoms with van der Waals surface area (Å²) >= 11 is 6.00. The third-order valence-electron chi connectivity index (χ3n) is 6.18. The van der Waals surface area contributed by atoms with Crippen molar-refractivity contribution in [3.63, 3.8) is 0 Å². The van der Waals surface area contributed by atoms with Crippen molar-refractivity contribution < 1.29 is 31.9 Å². The standard InChI is InChI=1S/C29H25ClF4N2O3/c1-17(24(14-18-7-9-21(30)10-8-18)20-6-4-5-19(13-20)16-35)36-27(38)28(2,3)39-26(37)23-12-11-22(31)15-25(23)29(32,33)34/h4-13,15,17,24H,14H2,1-3H3,(H,36,38). The van der Waals surface area contributed by atoms with E-state index >= 15 is 0 Å². The molecule has 10 heteroatoms. The number of rotatable bonds is 8. The summed E-state index contributed by atoms with van der Waals surface area (Å²) in [6.45, 7) is 4.22. The minimum Gasteiger partial charge on any atom is -0.446 e. The number of halogens is 5. The molecule has 1 amide bonds. The SMILES string of the molecule is CC(NC(=O)C(C)(C)OC(=O)c1ccc(F)cc1C(F)(F)F)C(Cc1ccc(Cl)cc1)c1cccc(C#N)c1. The molecule has 2 atom stereocenters. The van der Waals surface area contributed by atoms with E-state index < -0.39 is 46.6 Å². The van der Waals surface area contributed by atoms with Gasteiger partial charge in [0.2, 0.25) is 0 Å². The number of nitrogens with zero attached hydrogens (tertiary/aromatic N) is 1. The number of esters is 1. The zero-order valence-electron chi connectivity index (χ0n) is 21.3. The third-order valence-corrected chi connectivity index (χ3v) is 6.43. The van der Waals surface area contributed by atoms with Gasteiger partial charge in [0.15, 0.2) is 5.60 Å². The van der Waals surface area contributed by atoms with E-state index in [-0.39, 0.29) is 12.0 Å². The number of carbonyl (C=O) groups is 2. The number of carbonyl (C=O) groups excluding carboxylic acids is 2. The zero-order chi connectivity index (χ0) is 29.0. The average Bonchev–Trinajstić information content (AvgIpc) is 2.87. The van der Waals surface area contributed by atoms with E-state index in [0.717, 1.165) is 11.1 Å². The fourth-order valence-corrected chi connectivity index (χ4v) is 4.17. The van der Waals surface area contributed by atoms with Crippen LogP contribution in [0.5, 0.6) is 0 Å². The number of ether oxygens (including phenoxy) is 1. The molecule has 39 heavy (non-hydrogen) atoms. The summed E-state index contributed by atoms with van der Waals surface area (Å²) in [6.07, 6.45) is -4.55. The molecule has 0 aliphatic heterocycles. The second kappa shape index (κ2) is 11.9. The van der Waals surface area contributed by atoms with Gasteiger partial charge in [-0.05, 0) is 80.8 Å². The van der Waals surface area contributed by atoms with Crippen LogP contribution in [0.2, 0.25) is 5.02 Å². The Hall–Kier alpha value is -3.90. The van der Waals surface area contributed by atoms with Gasteiger partial charge in [-0.3, -0.25) is 4.79 Å². The number of amides is 1. The van der Waals surface area contributed by atoms with Gasteiger partial charge in [0.1, 0.15) is 5.82 Å². The fourth-order valence-electron chi connectivity index (χ4n) is 4.04. The molecular formula is C29H25ClF4N2O3. The van der Waals surface area contributed by atoms with Crippen molar-refractivity contribution in [3.05, 3.63) is 105 Å². The highest BCUT2D eigenvalue weighted by molar-refractivity contribution is 6.30. The van der Waals surface area contributed by atoms with E-state index in [0.29, 0.717) is 29.1 Å². The first-order chi connectivity index (χ1) is 18.2. The molecule has 2 unspecified atom stereocenters. The Labute approximate surface area is 228 Å². The quantitative estimate of drug-likeness (QED) is 0.242. The summed E-state index contributed by atoms with van der Waals surface area (Å²) in [7, 11) is 0. The smallest absolute Gasteiger partial charge is 0.417 e. The lowest BCUT2D eigenvalue weighted by Crippen LogP contribution is -2.50. The molecule has 0 saturated carbocycles. The van der Waals surface area contributed by atoms with Crippen LogP contribution in [0.3, 0.4) is 0 Å². The van der Waals surface area contributed by atoms with Gasteiger partial charge < -0.3 is 10.1 Å². The molecule has 3 aromatic rings. The highest BCUT2D eigenvalue weighted by Crippen LogP contribution is 2.34. The van der Waals surface area contributed by atoms with Crippen LogP contribution in [0.1, 0.15) is 59.3 Å². The number of hydrogen-bond donors (Lipinski definition) is 1. The maximum Gasteiger partial charge on any atom is 0.417 e. The van der Waals surface area contributed by atoms with Gasteiger partial charge >= 0.3 is 12.1 Å². The minimum atomic E-state index is -5.01. The van der Waals surface area contributed by atoms with Crippen LogP contribution in [-0.2, 0) is 22.1 Å². The van der Waals surface area contributed by atoms with Crippen molar-refractivity contribution in [2.75, 3.05) is 0 Å². The molecule has 0 saturated heterocycles. The summed E-state index contributed by atoms with van der Waals surface area (Å²) in [5.41, 5.74) is -2.17. The number of alkyl halides is 3. The number of nitrogens with one attached hydrogen (secondary N) is 1. The first-order valence-corrected chi connectivity index (χ1v) is 12.2. The Morgan fingerprint density at radius 1 is 1.05 bits per heavy atom. The molecule has 0 bridgehead atoms. The van der Waals surface area contributed by atoms with Crippen LogP contribution >= 0.6 is 11.6 Å². The van der Waals surface area contributed by atoms with Crippen molar-refractivity contribution in [3.8, 4) is 6.07 Å². The summed E-state index contributed by atoms with van der Waals surface area (Å²) < 4.78 is 58.8. The summed E-state index contributed by atoms with van der Waals surface area (Å²) in [6, 6.07) is 17.2. The van der Waals surface area contributed by atoms with E-state index in [1.54, 1.807) is 37.3 Å². The molecule has 0 aromatic heterocycles. The van der Waals surface area contributed by atoms with Crippen molar-refractivity contribution in [2.24, 2.45) is 0 Å². The Kier molecular flexibility index (Phi) is 9.03. The van der Waals surface area contributed by atoms with Gasteiger partial charge in [-0.1, -0.05) is 35.9 Å². The Morgan fingerprint density at radius 3 is 2.33 bits per heavy atom. The van der Waals surface area contributed by atoms with E-state index in [1.807, 2.05) is 18.2 Å². The molecule has 3 rings (SSSR count). The summed E-state index contributed by atoms with van der Waals surface area (Å²) in [5, 5.41) is 12.7. The molecule has 0 heterocycles. The van der Waals surface area contributed by atoms with E-state index in [9.17, 15) is 32.4 Å². The molecule has 1 N–H and O–H groups in total. The van der Waals surface area contributed by atoms with E-state index in [1.165, 1.54) is 13.8 Å². The third kappa shape index (κ3) is 7.58. The maximum atomic E-state index is 13.4. The van der Waals surface area contributed by atoms with Gasteiger partial charge in [-0.25, -0.2) is 9.18 Å². The van der Waals surface area contributed by atoms with Crippen LogP contribution in [0.25, 0.3) is 0 Å². The topological polar surface area (TPSA) is 79.2 Å². The summed E-state index contributed by atoms with van der Waals surface area (Å²) in [5.74, 6) is -3.67. The van der Waals surface area contributed by atoms with Gasteiger partial charge in [0.25, 0.3) is 5.91 Å². The Balaban J connectivity index is 1.83. The monoisotopic (exact) mass is 560 g/mol. The number of nitriles is 1. The molecule has 0 aliphatic rings. The van der Waals surface area contributed by atoms with E-state index in [4.69, 9.17) is 16.3 Å². The van der Waals surface area contributed by atoms with Crippen molar-refractivity contribution >= 4 is 23.5 Å². The predicted molar refractivity (Wildman–Crippen MR) is 138 cm³/mol. The van der Waals surface area contributed by atoms with Crippen LogP contribution in [-0.4, -0.2) is 23.5 Å². The fraction of sp³-hybridized carbons (Fsp3) is 0.276. The molecule has 0 aliphatic carbocycles. The molecular weight excluding hydrogens is 536 g/mol. The maximum absolute atomic E-state index is 13.4. The van der Waals surface area contributed by atoms with Crippen molar-refractivity contribution in [2.45, 2.75) is 50.9 Å². The average molecular weight is 561 g/mol. The largest absolute Gasteiger partial charge is 0.446 e.